The smallest absolute Gasteiger partial charge is 0.334 e. The zero-order chi connectivity index (χ0) is 27.9. The van der Waals surface area contributed by atoms with Crippen LogP contribution in [0.2, 0.25) is 0 Å². The molecule has 2 atom stereocenters. The van der Waals surface area contributed by atoms with Crippen LogP contribution in [-0.2, 0) is 22.6 Å². The number of hydrazine groups is 1. The fourth-order valence-electron chi connectivity index (χ4n) is 5.20. The number of ether oxygens (including phenoxy) is 1. The van der Waals surface area contributed by atoms with Gasteiger partial charge in [0.25, 0.3) is 0 Å². The van der Waals surface area contributed by atoms with Gasteiger partial charge < -0.3 is 19.9 Å². The molecule has 10 heteroatoms. The maximum absolute atomic E-state index is 13.7. The van der Waals surface area contributed by atoms with Crippen molar-refractivity contribution in [2.45, 2.75) is 45.4 Å². The van der Waals surface area contributed by atoms with Crippen molar-refractivity contribution in [3.63, 3.8) is 0 Å². The van der Waals surface area contributed by atoms with E-state index in [1.165, 1.54) is 10.0 Å². The second kappa shape index (κ2) is 12.6. The number of urea groups is 1. The normalized spacial score (nSPS) is 19.6. The third kappa shape index (κ3) is 6.49. The number of carbonyl (C=O) groups is 3. The summed E-state index contributed by atoms with van der Waals surface area (Å²) in [6.45, 7) is 4.66. The first-order valence-electron chi connectivity index (χ1n) is 13.3. The summed E-state index contributed by atoms with van der Waals surface area (Å²) in [7, 11) is 1.62. The van der Waals surface area contributed by atoms with Gasteiger partial charge in [0.1, 0.15) is 24.5 Å². The summed E-state index contributed by atoms with van der Waals surface area (Å²) >= 11 is 0. The molecule has 0 radical (unpaired) electrons. The van der Waals surface area contributed by atoms with E-state index in [0.29, 0.717) is 25.9 Å². The van der Waals surface area contributed by atoms with Crippen LogP contribution in [0.25, 0.3) is 0 Å². The van der Waals surface area contributed by atoms with Crippen LogP contribution in [-0.4, -0.2) is 83.2 Å². The highest BCUT2D eigenvalue weighted by molar-refractivity contribution is 5.91. The number of methoxy groups -OCH3 is 1. The maximum Gasteiger partial charge on any atom is 0.334 e. The fourth-order valence-corrected chi connectivity index (χ4v) is 5.20. The Labute approximate surface area is 229 Å². The molecule has 0 bridgehead atoms. The first-order valence-corrected chi connectivity index (χ1v) is 13.3. The van der Waals surface area contributed by atoms with E-state index in [1.54, 1.807) is 16.9 Å². The molecule has 2 aromatic rings. The number of amides is 4. The van der Waals surface area contributed by atoms with Gasteiger partial charge >= 0.3 is 6.03 Å². The topological polar surface area (TPSA) is 109 Å². The van der Waals surface area contributed by atoms with Gasteiger partial charge in [-0.1, -0.05) is 56.3 Å². The zero-order valence-electron chi connectivity index (χ0n) is 22.7. The molecule has 0 spiro atoms. The van der Waals surface area contributed by atoms with Crippen LogP contribution in [0, 0.1) is 17.2 Å². The largest absolute Gasteiger partial charge is 0.497 e. The van der Waals surface area contributed by atoms with Gasteiger partial charge in [0.05, 0.1) is 26.3 Å². The molecule has 10 nitrogen and oxygen atoms in total. The minimum absolute atomic E-state index is 0.111. The number of nitriles is 1. The molecule has 1 N–H and O–H groups in total. The van der Waals surface area contributed by atoms with Gasteiger partial charge in [0.15, 0.2) is 0 Å². The van der Waals surface area contributed by atoms with Crippen molar-refractivity contribution < 1.29 is 19.1 Å². The molecule has 2 fully saturated rings. The molecule has 4 amide bonds. The minimum Gasteiger partial charge on any atom is -0.497 e. The second-order valence-corrected chi connectivity index (χ2v) is 10.3. The van der Waals surface area contributed by atoms with Crippen LogP contribution in [0.15, 0.2) is 54.6 Å². The van der Waals surface area contributed by atoms with Crippen LogP contribution in [0.5, 0.6) is 5.75 Å². The summed E-state index contributed by atoms with van der Waals surface area (Å²) in [5.74, 6) is 0.554. The molecular formula is C29H36N6O4. The molecule has 1 unspecified atom stereocenters. The van der Waals surface area contributed by atoms with Gasteiger partial charge in [0.2, 0.25) is 11.8 Å². The van der Waals surface area contributed by atoms with Crippen LogP contribution in [0.4, 0.5) is 4.79 Å². The molecule has 2 aliphatic rings. The van der Waals surface area contributed by atoms with E-state index in [2.05, 4.69) is 11.4 Å². The SMILES string of the molecule is COc1ccc(CCN2CC3N(C(=O)CN(CC#N)N3C(=O)NCc3ccccc3)[C@@H](CC(C)C)C2=O)cc1. The van der Waals surface area contributed by atoms with Crippen LogP contribution < -0.4 is 10.1 Å². The van der Waals surface area contributed by atoms with E-state index in [1.807, 2.05) is 68.4 Å². The third-order valence-electron chi connectivity index (χ3n) is 7.10. The molecule has 4 rings (SSSR count). The number of rotatable bonds is 9. The van der Waals surface area contributed by atoms with Crippen molar-refractivity contribution in [2.24, 2.45) is 5.92 Å². The Morgan fingerprint density at radius 3 is 2.46 bits per heavy atom. The Kier molecular flexibility index (Phi) is 9.04. The summed E-state index contributed by atoms with van der Waals surface area (Å²) in [6, 6.07) is 18.2. The maximum atomic E-state index is 13.7. The highest BCUT2D eigenvalue weighted by Crippen LogP contribution is 2.29. The molecule has 2 aromatic carbocycles. The predicted molar refractivity (Wildman–Crippen MR) is 145 cm³/mol. The number of hydrogen-bond donors (Lipinski definition) is 1. The monoisotopic (exact) mass is 532 g/mol. The first-order chi connectivity index (χ1) is 18.8. The Hall–Kier alpha value is -4.10. The van der Waals surface area contributed by atoms with E-state index >= 15 is 0 Å². The Morgan fingerprint density at radius 1 is 1.10 bits per heavy atom. The van der Waals surface area contributed by atoms with Crippen molar-refractivity contribution in [1.82, 2.24) is 25.1 Å². The Morgan fingerprint density at radius 2 is 1.82 bits per heavy atom. The quantitative estimate of drug-likeness (QED) is 0.498. The summed E-state index contributed by atoms with van der Waals surface area (Å²) < 4.78 is 5.24. The van der Waals surface area contributed by atoms with Gasteiger partial charge in [-0.15, -0.1) is 0 Å². The molecule has 2 heterocycles. The highest BCUT2D eigenvalue weighted by Gasteiger charge is 2.51. The number of carbonyl (C=O) groups excluding carboxylic acids is 3. The predicted octanol–water partition coefficient (Wildman–Crippen LogP) is 2.62. The van der Waals surface area contributed by atoms with Crippen molar-refractivity contribution in [3.05, 3.63) is 65.7 Å². The van der Waals surface area contributed by atoms with Crippen LogP contribution in [0.3, 0.4) is 0 Å². The first kappa shape index (κ1) is 27.9. The van der Waals surface area contributed by atoms with Gasteiger partial charge in [0, 0.05) is 13.1 Å². The van der Waals surface area contributed by atoms with Crippen molar-refractivity contribution in [1.29, 1.82) is 5.26 Å². The van der Waals surface area contributed by atoms with Gasteiger partial charge in [-0.25, -0.2) is 9.80 Å². The van der Waals surface area contributed by atoms with Crippen molar-refractivity contribution in [2.75, 3.05) is 33.3 Å². The number of piperazine rings is 1. The van der Waals surface area contributed by atoms with E-state index in [-0.39, 0.29) is 37.4 Å². The minimum atomic E-state index is -0.715. The molecule has 0 aromatic heterocycles. The molecular weight excluding hydrogens is 496 g/mol. The van der Waals surface area contributed by atoms with E-state index in [9.17, 15) is 19.6 Å². The molecule has 2 saturated heterocycles. The standard InChI is InChI=1S/C29H36N6O4/c1-21(2)17-25-28(37)32(15-13-22-9-11-24(39-3)12-10-22)19-26-34(25)27(36)20-33(16-14-30)35(26)29(38)31-18-23-7-5-4-6-8-23/h4-12,21,25-26H,13,15-20H2,1-3H3,(H,31,38)/t25-,26?/m0/s1. The zero-order valence-corrected chi connectivity index (χ0v) is 22.7. The number of benzene rings is 2. The molecule has 2 aliphatic heterocycles. The van der Waals surface area contributed by atoms with Crippen LogP contribution in [0.1, 0.15) is 31.4 Å². The lowest BCUT2D eigenvalue weighted by Crippen LogP contribution is -2.76. The average Bonchev–Trinajstić information content (AvgIpc) is 2.93. The molecule has 0 saturated carbocycles. The van der Waals surface area contributed by atoms with E-state index in [0.717, 1.165) is 16.9 Å². The number of nitrogens with one attached hydrogen (secondary N) is 1. The van der Waals surface area contributed by atoms with Crippen molar-refractivity contribution >= 4 is 17.8 Å². The van der Waals surface area contributed by atoms with E-state index in [4.69, 9.17) is 4.74 Å². The van der Waals surface area contributed by atoms with Gasteiger partial charge in [-0.3, -0.25) is 9.59 Å². The highest BCUT2D eigenvalue weighted by atomic mass is 16.5. The van der Waals surface area contributed by atoms with Crippen LogP contribution >= 0.6 is 0 Å². The molecule has 0 aliphatic carbocycles. The molecule has 39 heavy (non-hydrogen) atoms. The summed E-state index contributed by atoms with van der Waals surface area (Å²) in [5, 5.41) is 15.4. The van der Waals surface area contributed by atoms with Crippen molar-refractivity contribution in [3.8, 4) is 11.8 Å². The fraction of sp³-hybridized carbons (Fsp3) is 0.448. The third-order valence-corrected chi connectivity index (χ3v) is 7.10. The number of fused-ring (bicyclic) bond motifs is 1. The number of hydrogen-bond acceptors (Lipinski definition) is 6. The lowest BCUT2D eigenvalue weighted by Gasteiger charge is -2.55. The summed E-state index contributed by atoms with van der Waals surface area (Å²) in [6.07, 6.45) is 0.387. The lowest BCUT2D eigenvalue weighted by molar-refractivity contribution is -0.189. The lowest BCUT2D eigenvalue weighted by atomic mass is 9.96. The molecule has 206 valence electrons. The van der Waals surface area contributed by atoms with E-state index < -0.39 is 18.2 Å². The summed E-state index contributed by atoms with van der Waals surface area (Å²) in [5.41, 5.74) is 1.98. The van der Waals surface area contributed by atoms with Gasteiger partial charge in [-0.05, 0) is 42.0 Å². The average molecular weight is 533 g/mol. The number of nitrogens with zero attached hydrogens (tertiary/aromatic N) is 5. The van der Waals surface area contributed by atoms with Gasteiger partial charge in [-0.2, -0.15) is 10.3 Å². The second-order valence-electron chi connectivity index (χ2n) is 10.3. The Bertz CT molecular complexity index is 1200. The summed E-state index contributed by atoms with van der Waals surface area (Å²) in [4.78, 5) is 44.0. The Balaban J connectivity index is 1.60.